The molecule has 8 atom stereocenters. The first-order chi connectivity index (χ1) is 49.0. The summed E-state index contributed by atoms with van der Waals surface area (Å²) in [6, 6.07) is 9.69. The number of nitrogens with zero attached hydrogens (tertiary/aromatic N) is 6. The van der Waals surface area contributed by atoms with Gasteiger partial charge < -0.3 is 67.4 Å². The van der Waals surface area contributed by atoms with E-state index in [1.54, 1.807) is 61.5 Å². The molecule has 0 bridgehead atoms. The van der Waals surface area contributed by atoms with Gasteiger partial charge in [0.05, 0.1) is 64.5 Å². The second kappa shape index (κ2) is 42.8. The Morgan fingerprint density at radius 2 is 1.00 bits per heavy atom. The van der Waals surface area contributed by atoms with E-state index in [0.717, 1.165) is 47.5 Å². The zero-order chi connectivity index (χ0) is 76.1. The summed E-state index contributed by atoms with van der Waals surface area (Å²) in [5, 5.41) is 8.53. The van der Waals surface area contributed by atoms with Crippen molar-refractivity contribution in [3.63, 3.8) is 0 Å². The topological polar surface area (TPSA) is 459 Å². The average molecular weight is 1620 g/mol. The Bertz CT molecular complexity index is 4120. The molecular weight excluding hydrogens is 1530 g/mol. The fourth-order valence-electron chi connectivity index (χ4n) is 9.03. The van der Waals surface area contributed by atoms with Crippen molar-refractivity contribution in [1.82, 2.24) is 38.2 Å². The van der Waals surface area contributed by atoms with E-state index in [4.69, 9.17) is 85.9 Å². The maximum atomic E-state index is 13.8. The minimum absolute atomic E-state index is 0. The van der Waals surface area contributed by atoms with Crippen LogP contribution in [0.25, 0.3) is 0 Å². The monoisotopic (exact) mass is 1620 g/mol. The van der Waals surface area contributed by atoms with Crippen LogP contribution in [0, 0.1) is 23.3 Å². The zero-order valence-corrected chi connectivity index (χ0v) is 62.4. The zero-order valence-electron chi connectivity index (χ0n) is 57.1. The molecule has 9 rings (SSSR count). The number of benzene rings is 1. The SMILES string of the molecule is CCOP(=O)(CO)OCC.CCOP(=O)(CO[C@@H]1O[C@H](n2cc(F)c(=O)[nH]c2=O)C[C@@H]1[Se]c1ccccc1)OCC.CCOP(=O)(CO[C@H]1C=C[C@@H](n2cc(F)c(N)nc2=O)O1)OCC.CCOP(=O)(CO[C@H]1CC[C@@H](n2cc(F)c(N)nc2=O)O1)OCC.O=c1[nH]c(=O)n([C@@H]2CC=CO2)cc1F.[HH]. The number of aliphatic hydroxyl groups is 1. The number of nitrogen functional groups attached to an aromatic ring is 2. The van der Waals surface area contributed by atoms with Crippen molar-refractivity contribution < 1.29 is 112 Å². The van der Waals surface area contributed by atoms with E-state index in [1.165, 1.54) is 18.4 Å². The number of nitrogens with two attached hydrogens (primary N) is 2. The molecule has 36 nitrogen and oxygen atoms in total. The van der Waals surface area contributed by atoms with Crippen LogP contribution in [0.2, 0.25) is 4.82 Å². The van der Waals surface area contributed by atoms with E-state index in [0.29, 0.717) is 25.7 Å². The summed E-state index contributed by atoms with van der Waals surface area (Å²) in [6.45, 7) is 15.4. The van der Waals surface area contributed by atoms with Gasteiger partial charge in [0.1, 0.15) is 12.6 Å². The normalized spacial score (nSPS) is 20.0. The number of halogens is 4. The van der Waals surface area contributed by atoms with Crippen LogP contribution in [0.1, 0.15) is 107 Å². The number of hydrogen-bond donors (Lipinski definition) is 5. The van der Waals surface area contributed by atoms with Gasteiger partial charge in [-0.25, -0.2) is 23.2 Å². The van der Waals surface area contributed by atoms with Gasteiger partial charge >= 0.3 is 224 Å². The number of aromatic nitrogens is 8. The molecule has 578 valence electrons. The van der Waals surface area contributed by atoms with Crippen molar-refractivity contribution in [3.8, 4) is 0 Å². The first-order valence-electron chi connectivity index (χ1n) is 31.7. The van der Waals surface area contributed by atoms with Crippen LogP contribution in [-0.4, -0.2) is 155 Å². The molecule has 0 aliphatic carbocycles. The molecular formula is C58H86F4N10O26P4Se. The second-order valence-corrected chi connectivity index (χ2v) is 31.4. The Labute approximate surface area is 593 Å². The van der Waals surface area contributed by atoms with Crippen molar-refractivity contribution in [2.75, 3.05) is 89.7 Å². The Morgan fingerprint density at radius 1 is 0.553 bits per heavy atom. The molecule has 2 saturated heterocycles. The molecule has 2 fully saturated rings. The van der Waals surface area contributed by atoms with Gasteiger partial charge in [-0.15, -0.1) is 0 Å². The summed E-state index contributed by atoms with van der Waals surface area (Å²) in [5.41, 5.74) is 5.43. The first-order valence-corrected chi connectivity index (χ1v) is 40.5. The van der Waals surface area contributed by atoms with E-state index < -0.39 is 149 Å². The van der Waals surface area contributed by atoms with E-state index in [1.807, 2.05) is 40.3 Å². The molecule has 5 aromatic rings. The van der Waals surface area contributed by atoms with E-state index in [-0.39, 0.29) is 93.1 Å². The molecule has 1 aromatic carbocycles. The number of anilines is 2. The molecule has 45 heteroatoms. The molecule has 0 amide bonds. The van der Waals surface area contributed by atoms with Gasteiger partial charge in [0.25, 0.3) is 5.56 Å². The van der Waals surface area contributed by atoms with Gasteiger partial charge in [-0.1, -0.05) is 0 Å². The summed E-state index contributed by atoms with van der Waals surface area (Å²) in [7, 11) is -13.3. The van der Waals surface area contributed by atoms with Gasteiger partial charge in [-0.05, 0) is 66.2 Å². The summed E-state index contributed by atoms with van der Waals surface area (Å²) < 4.78 is 186. The van der Waals surface area contributed by atoms with Crippen molar-refractivity contribution >= 4 is 61.4 Å². The van der Waals surface area contributed by atoms with Gasteiger partial charge in [0, 0.05) is 14.3 Å². The van der Waals surface area contributed by atoms with E-state index >= 15 is 0 Å². The summed E-state index contributed by atoms with van der Waals surface area (Å²) in [5.74, 6) is -4.68. The molecule has 8 heterocycles. The summed E-state index contributed by atoms with van der Waals surface area (Å²) >= 11 is -0.119. The van der Waals surface area contributed by atoms with Crippen LogP contribution >= 0.6 is 30.4 Å². The summed E-state index contributed by atoms with van der Waals surface area (Å²) in [4.78, 5) is 79.3. The van der Waals surface area contributed by atoms with E-state index in [9.17, 15) is 64.6 Å². The Morgan fingerprint density at radius 3 is 1.48 bits per heavy atom. The van der Waals surface area contributed by atoms with Crippen LogP contribution in [0.4, 0.5) is 29.2 Å². The van der Waals surface area contributed by atoms with Gasteiger partial charge in [-0.2, -0.15) is 14.4 Å². The Hall–Kier alpha value is -6.22. The van der Waals surface area contributed by atoms with Crippen LogP contribution in [0.5, 0.6) is 0 Å². The van der Waals surface area contributed by atoms with E-state index in [2.05, 4.69) is 9.97 Å². The maximum Gasteiger partial charge on any atom is 0.356 e. The fourth-order valence-corrected chi connectivity index (χ4v) is 16.6. The molecule has 0 saturated carbocycles. The molecule has 7 N–H and O–H groups in total. The fraction of sp³-hybridized carbons (Fsp3) is 0.552. The van der Waals surface area contributed by atoms with Crippen LogP contribution in [-0.2, 0) is 87.6 Å². The van der Waals surface area contributed by atoms with Crippen LogP contribution in [0.3, 0.4) is 0 Å². The number of hydrogen-bond acceptors (Lipinski definition) is 30. The number of aliphatic hydroxyl groups excluding tert-OH is 1. The van der Waals surface area contributed by atoms with Crippen molar-refractivity contribution in [2.45, 2.75) is 130 Å². The summed E-state index contributed by atoms with van der Waals surface area (Å²) in [6.07, 6.45) is 4.36. The molecule has 4 aromatic heterocycles. The Balaban J connectivity index is 0.000000287. The van der Waals surface area contributed by atoms with Gasteiger partial charge in [-0.3, -0.25) is 37.2 Å². The Kier molecular flexibility index (Phi) is 36.3. The predicted octanol–water partition coefficient (Wildman–Crippen LogP) is 6.99. The molecule has 4 aliphatic heterocycles. The quantitative estimate of drug-likeness (QED) is 0.0125. The smallest absolute Gasteiger partial charge is 0.356 e. The third kappa shape index (κ3) is 27.3. The largest absolute Gasteiger partial charge is 0.478 e. The third-order valence-electron chi connectivity index (χ3n) is 13.3. The van der Waals surface area contributed by atoms with Crippen LogP contribution < -0.4 is 49.8 Å². The average Bonchev–Trinajstić information content (AvgIpc) is 1.64. The minimum Gasteiger partial charge on any atom is -0.478 e. The first kappa shape index (κ1) is 87.4. The number of H-pyrrole nitrogens is 2. The molecule has 0 radical (unpaired) electrons. The van der Waals surface area contributed by atoms with Crippen molar-refractivity contribution in [2.24, 2.45) is 0 Å². The number of aromatic amines is 2. The van der Waals surface area contributed by atoms with Gasteiger partial charge in [0.15, 0.2) is 61.0 Å². The molecule has 0 spiro atoms. The van der Waals surface area contributed by atoms with Crippen LogP contribution in [0.15, 0.2) is 108 Å². The van der Waals surface area contributed by atoms with Crippen molar-refractivity contribution in [1.29, 1.82) is 0 Å². The van der Waals surface area contributed by atoms with Crippen molar-refractivity contribution in [3.05, 3.63) is 166 Å². The third-order valence-corrected chi connectivity index (χ3v) is 22.9. The number of ether oxygens (including phenoxy) is 7. The second-order valence-electron chi connectivity index (χ2n) is 20.7. The number of rotatable bonds is 32. The maximum absolute atomic E-state index is 13.8. The minimum atomic E-state index is -3.47. The predicted molar refractivity (Wildman–Crippen MR) is 363 cm³/mol. The standard InChI is InChI=1S/C19H24FN2O7PSe.C13H21FN3O6P.C13H19FN3O6P.C8H7FN2O3.C5H13O4P.H2/c1-3-27-30(25,28-4-2)12-26-18-15(31-13-8-6-5-7-9-13)10-16(29-18)22-11-14(20)17(23)21-19(22)24;2*1-3-21-24(19,22-4-2)8-20-11-6-5-10(23-11)17-7-9(14)12(15)16-13(17)18;9-5-4-11(6-2-1-3-14-6)8(13)10-7(5)12;1-3-8-10(7,5-6)9-4-2;/h5-9,11,15-16,18H,3-4,10,12H2,1-2H3,(H,21,23,24);7,10-11H,3-6,8H2,1-2H3,(H2,15,16,18);5-7,10-11H,3-4,8H2,1-2H3,(H2,15,16,18);1,3-4,6H,2H2,(H,10,12,13);6H,3-5H2,1-2H3;1H/t15-,16-,18+;2*10-,11+;6-;;/m0000../s1. The number of nitrogens with one attached hydrogen (secondary N) is 2. The molecule has 103 heavy (non-hydrogen) atoms. The molecule has 4 aliphatic rings. The van der Waals surface area contributed by atoms with Gasteiger partial charge in [0.2, 0.25) is 5.82 Å². The molecule has 0 unspecified atom stereocenters.